The first-order chi connectivity index (χ1) is 14.2. The van der Waals surface area contributed by atoms with Crippen LogP contribution in [0.3, 0.4) is 0 Å². The third-order valence-corrected chi connectivity index (χ3v) is 5.36. The summed E-state index contributed by atoms with van der Waals surface area (Å²) in [7, 11) is 0. The summed E-state index contributed by atoms with van der Waals surface area (Å²) >= 11 is 0. The van der Waals surface area contributed by atoms with E-state index in [0.29, 0.717) is 13.0 Å². The summed E-state index contributed by atoms with van der Waals surface area (Å²) in [4.78, 5) is 10.7. The van der Waals surface area contributed by atoms with Gasteiger partial charge in [0.1, 0.15) is 12.4 Å². The number of fused-ring (bicyclic) bond motifs is 1. The third kappa shape index (κ3) is 4.96. The lowest BCUT2D eigenvalue weighted by atomic mass is 10.1. The highest BCUT2D eigenvalue weighted by atomic mass is 16.5. The van der Waals surface area contributed by atoms with E-state index >= 15 is 0 Å². The van der Waals surface area contributed by atoms with E-state index in [9.17, 15) is 4.79 Å². The van der Waals surface area contributed by atoms with Gasteiger partial charge in [-0.25, -0.2) is 0 Å². The summed E-state index contributed by atoms with van der Waals surface area (Å²) in [5.74, 6) is 0.151. The minimum absolute atomic E-state index is 0.164. The molecule has 1 atom stereocenters. The van der Waals surface area contributed by atoms with E-state index in [2.05, 4.69) is 35.6 Å². The van der Waals surface area contributed by atoms with Gasteiger partial charge in [-0.1, -0.05) is 48.5 Å². The van der Waals surface area contributed by atoms with E-state index in [4.69, 9.17) is 9.84 Å². The Morgan fingerprint density at radius 1 is 1.00 bits per heavy atom. The van der Waals surface area contributed by atoms with Crippen molar-refractivity contribution in [3.63, 3.8) is 0 Å². The number of aliphatic carboxylic acids is 1. The summed E-state index contributed by atoms with van der Waals surface area (Å²) in [6.45, 7) is 0.579. The number of hydrogen-bond donors (Lipinski definition) is 2. The largest absolute Gasteiger partial charge is 0.489 e. The number of carboxylic acid groups (broad SMARTS) is 1. The number of rotatable bonds is 8. The molecule has 1 aliphatic carbocycles. The number of ether oxygens (including phenoxy) is 1. The molecule has 0 aromatic heterocycles. The van der Waals surface area contributed by atoms with Crippen molar-refractivity contribution in [2.75, 3.05) is 5.32 Å². The van der Waals surface area contributed by atoms with Gasteiger partial charge in [0.05, 0.1) is 6.04 Å². The molecule has 1 aliphatic rings. The van der Waals surface area contributed by atoms with Gasteiger partial charge in [0.15, 0.2) is 0 Å². The van der Waals surface area contributed by atoms with Gasteiger partial charge in [0, 0.05) is 12.1 Å². The van der Waals surface area contributed by atoms with Crippen molar-refractivity contribution >= 4 is 11.7 Å². The average molecular weight is 387 g/mol. The lowest BCUT2D eigenvalue weighted by Gasteiger charge is -2.16. The molecule has 0 spiro atoms. The Labute approximate surface area is 171 Å². The van der Waals surface area contributed by atoms with Crippen LogP contribution in [0.15, 0.2) is 72.8 Å². The number of nitrogens with one attached hydrogen (secondary N) is 1. The van der Waals surface area contributed by atoms with Gasteiger partial charge in [0.25, 0.3) is 0 Å². The van der Waals surface area contributed by atoms with Crippen molar-refractivity contribution in [3.05, 3.63) is 95.1 Å². The van der Waals surface area contributed by atoms with Gasteiger partial charge >= 0.3 is 5.97 Å². The second kappa shape index (κ2) is 8.82. The van der Waals surface area contributed by atoms with Gasteiger partial charge in [0.2, 0.25) is 0 Å². The van der Waals surface area contributed by atoms with Crippen LogP contribution >= 0.6 is 0 Å². The third-order valence-electron chi connectivity index (χ3n) is 5.36. The average Bonchev–Trinajstić information content (AvgIpc) is 3.14. The fourth-order valence-electron chi connectivity index (χ4n) is 3.79. The molecule has 0 amide bonds. The van der Waals surface area contributed by atoms with E-state index < -0.39 is 5.97 Å². The maximum Gasteiger partial charge on any atom is 0.303 e. The summed E-state index contributed by atoms with van der Waals surface area (Å²) in [6.07, 6.45) is 2.82. The Morgan fingerprint density at radius 2 is 1.79 bits per heavy atom. The molecule has 4 heteroatoms. The van der Waals surface area contributed by atoms with E-state index in [1.807, 2.05) is 42.5 Å². The number of benzene rings is 3. The Kier molecular flexibility index (Phi) is 5.80. The standard InChI is InChI=1S/C25H25NO3/c27-25(28)15-8-18-6-10-21(11-7-18)26-24-14-9-20-16-22(12-13-23(20)24)29-17-19-4-2-1-3-5-19/h1-7,10-13,16,24,26H,8-9,14-15,17H2,(H,27,28). The monoisotopic (exact) mass is 387 g/mol. The Bertz CT molecular complexity index is 967. The maximum absolute atomic E-state index is 10.7. The van der Waals surface area contributed by atoms with Gasteiger partial charge in [-0.15, -0.1) is 0 Å². The maximum atomic E-state index is 10.7. The Hall–Kier alpha value is -3.27. The second-order valence-corrected chi connectivity index (χ2v) is 7.46. The first-order valence-corrected chi connectivity index (χ1v) is 10.0. The Balaban J connectivity index is 1.36. The lowest BCUT2D eigenvalue weighted by molar-refractivity contribution is -0.136. The molecule has 0 aliphatic heterocycles. The van der Waals surface area contributed by atoms with Crippen LogP contribution in [-0.4, -0.2) is 11.1 Å². The fraction of sp³-hybridized carbons (Fsp3) is 0.240. The summed E-state index contributed by atoms with van der Waals surface area (Å²) in [6, 6.07) is 24.9. The highest BCUT2D eigenvalue weighted by molar-refractivity contribution is 5.67. The quantitative estimate of drug-likeness (QED) is 0.545. The van der Waals surface area contributed by atoms with Crippen LogP contribution in [0.2, 0.25) is 0 Å². The lowest BCUT2D eigenvalue weighted by Crippen LogP contribution is -2.07. The molecule has 0 bridgehead atoms. The van der Waals surface area contributed by atoms with Gasteiger partial charge < -0.3 is 15.2 Å². The zero-order chi connectivity index (χ0) is 20.1. The van der Waals surface area contributed by atoms with Crippen LogP contribution in [0.4, 0.5) is 5.69 Å². The van der Waals surface area contributed by atoms with Crippen molar-refractivity contribution in [3.8, 4) is 5.75 Å². The van der Waals surface area contributed by atoms with Crippen LogP contribution in [0.1, 0.15) is 41.1 Å². The summed E-state index contributed by atoms with van der Waals surface area (Å²) < 4.78 is 5.96. The molecule has 4 nitrogen and oxygen atoms in total. The molecule has 0 fully saturated rings. The topological polar surface area (TPSA) is 58.6 Å². The normalized spacial score (nSPS) is 15.0. The van der Waals surface area contributed by atoms with Crippen molar-refractivity contribution in [2.45, 2.75) is 38.3 Å². The van der Waals surface area contributed by atoms with Gasteiger partial charge in [-0.2, -0.15) is 0 Å². The SMILES string of the molecule is O=C(O)CCc1ccc(NC2CCc3cc(OCc4ccccc4)ccc32)cc1. The molecular formula is C25H25NO3. The van der Waals surface area contributed by atoms with E-state index in [-0.39, 0.29) is 12.5 Å². The van der Waals surface area contributed by atoms with E-state index in [1.54, 1.807) is 0 Å². The molecule has 2 N–H and O–H groups in total. The van der Waals surface area contributed by atoms with Crippen molar-refractivity contribution in [1.82, 2.24) is 0 Å². The van der Waals surface area contributed by atoms with Crippen molar-refractivity contribution < 1.29 is 14.6 Å². The molecule has 0 heterocycles. The summed E-state index contributed by atoms with van der Waals surface area (Å²) in [5.41, 5.74) is 5.94. The van der Waals surface area contributed by atoms with Crippen LogP contribution in [-0.2, 0) is 24.2 Å². The minimum atomic E-state index is -0.762. The molecule has 0 saturated carbocycles. The van der Waals surface area contributed by atoms with Crippen molar-refractivity contribution in [1.29, 1.82) is 0 Å². The first kappa shape index (κ1) is 19.1. The Morgan fingerprint density at radius 3 is 2.55 bits per heavy atom. The molecule has 3 aromatic carbocycles. The highest BCUT2D eigenvalue weighted by Crippen LogP contribution is 2.36. The number of hydrogen-bond acceptors (Lipinski definition) is 3. The molecule has 29 heavy (non-hydrogen) atoms. The van der Waals surface area contributed by atoms with Gasteiger partial charge in [-0.3, -0.25) is 4.79 Å². The first-order valence-electron chi connectivity index (χ1n) is 10.0. The van der Waals surface area contributed by atoms with Crippen LogP contribution in [0.25, 0.3) is 0 Å². The number of aryl methyl sites for hydroxylation is 2. The fourth-order valence-corrected chi connectivity index (χ4v) is 3.79. The molecule has 0 radical (unpaired) electrons. The molecule has 1 unspecified atom stereocenters. The highest BCUT2D eigenvalue weighted by Gasteiger charge is 2.22. The number of carboxylic acids is 1. The zero-order valence-electron chi connectivity index (χ0n) is 16.3. The molecule has 148 valence electrons. The van der Waals surface area contributed by atoms with Crippen molar-refractivity contribution in [2.24, 2.45) is 0 Å². The number of anilines is 1. The van der Waals surface area contributed by atoms with Gasteiger partial charge in [-0.05, 0) is 65.8 Å². The number of carbonyl (C=O) groups is 1. The molecule has 4 rings (SSSR count). The predicted octanol–water partition coefficient (Wildman–Crippen LogP) is 5.38. The van der Waals surface area contributed by atoms with E-state index in [0.717, 1.165) is 29.8 Å². The van der Waals surface area contributed by atoms with E-state index in [1.165, 1.54) is 16.7 Å². The zero-order valence-corrected chi connectivity index (χ0v) is 16.3. The molecule has 3 aromatic rings. The summed E-state index contributed by atoms with van der Waals surface area (Å²) in [5, 5.41) is 12.4. The molecular weight excluding hydrogens is 362 g/mol. The molecule has 0 saturated heterocycles. The van der Waals surface area contributed by atoms with Crippen LogP contribution in [0.5, 0.6) is 5.75 Å². The second-order valence-electron chi connectivity index (χ2n) is 7.46. The van der Waals surface area contributed by atoms with Crippen LogP contribution < -0.4 is 10.1 Å². The predicted molar refractivity (Wildman–Crippen MR) is 114 cm³/mol. The minimum Gasteiger partial charge on any atom is -0.489 e. The van der Waals surface area contributed by atoms with Crippen LogP contribution in [0, 0.1) is 0 Å². The smallest absolute Gasteiger partial charge is 0.303 e.